The first kappa shape index (κ1) is 13.5. The van der Waals surface area contributed by atoms with Crippen LogP contribution in [0.3, 0.4) is 0 Å². The number of nitrogens with two attached hydrogens (primary N) is 2. The summed E-state index contributed by atoms with van der Waals surface area (Å²) < 4.78 is 1.29. The molecular formula is C8H11Cl2N5. The summed E-state index contributed by atoms with van der Waals surface area (Å²) in [6, 6.07) is 5.47. The molecule has 1 aromatic carbocycles. The van der Waals surface area contributed by atoms with Crippen LogP contribution in [0, 0.1) is 5.41 Å². The Labute approximate surface area is 98.8 Å². The Balaban J connectivity index is 0.000000980. The lowest BCUT2D eigenvalue weighted by Gasteiger charge is -1.93. The second-order valence-corrected chi connectivity index (χ2v) is 2.74. The van der Waals surface area contributed by atoms with Crippen LogP contribution in [0.2, 0.25) is 0 Å². The number of anilines is 1. The summed E-state index contributed by atoms with van der Waals surface area (Å²) in [7, 11) is 0. The fourth-order valence-electron chi connectivity index (χ4n) is 1.19. The maximum absolute atomic E-state index is 7.18. The predicted molar refractivity (Wildman–Crippen MR) is 66.0 cm³/mol. The van der Waals surface area contributed by atoms with E-state index < -0.39 is 0 Å². The molecule has 0 amide bonds. The predicted octanol–water partition coefficient (Wildman–Crippen LogP) is 1.20. The SMILES string of the molecule is Cl.Cl.N=C(N)n1cc2cccc(N)c2n1. The van der Waals surface area contributed by atoms with Crippen molar-refractivity contribution in [3.63, 3.8) is 0 Å². The summed E-state index contributed by atoms with van der Waals surface area (Å²) in [6.45, 7) is 0. The smallest absolute Gasteiger partial charge is 0.213 e. The van der Waals surface area contributed by atoms with E-state index in [1.54, 1.807) is 12.3 Å². The van der Waals surface area contributed by atoms with E-state index in [9.17, 15) is 0 Å². The average Bonchev–Trinajstić information content (AvgIpc) is 2.49. The minimum absolute atomic E-state index is 0. The number of nitrogens with zero attached hydrogens (tertiary/aromatic N) is 2. The Morgan fingerprint density at radius 2 is 2.00 bits per heavy atom. The molecule has 5 N–H and O–H groups in total. The molecule has 7 heteroatoms. The van der Waals surface area contributed by atoms with Crippen LogP contribution in [-0.2, 0) is 0 Å². The van der Waals surface area contributed by atoms with Gasteiger partial charge in [-0.3, -0.25) is 5.41 Å². The Bertz CT molecular complexity index is 479. The normalized spacial score (nSPS) is 9.07. The highest BCUT2D eigenvalue weighted by Gasteiger charge is 2.03. The van der Waals surface area contributed by atoms with E-state index in [1.807, 2.05) is 12.1 Å². The standard InChI is InChI=1S/C8H9N5.2ClH/c9-6-3-1-2-5-4-13(8(10)11)12-7(5)6;;/h1-4H,9H2,(H3,10,11);2*1H. The van der Waals surface area contributed by atoms with Crippen molar-refractivity contribution in [1.29, 1.82) is 5.41 Å². The second kappa shape index (κ2) is 4.86. The van der Waals surface area contributed by atoms with Gasteiger partial charge in [-0.1, -0.05) is 12.1 Å². The van der Waals surface area contributed by atoms with Gasteiger partial charge in [-0.25, -0.2) is 4.68 Å². The van der Waals surface area contributed by atoms with E-state index in [4.69, 9.17) is 16.9 Å². The van der Waals surface area contributed by atoms with Crippen LogP contribution in [0.15, 0.2) is 24.4 Å². The molecule has 0 aliphatic rings. The van der Waals surface area contributed by atoms with Crippen molar-refractivity contribution in [1.82, 2.24) is 9.78 Å². The molecule has 0 aliphatic carbocycles. The van der Waals surface area contributed by atoms with E-state index in [2.05, 4.69) is 5.10 Å². The number of nitrogens with one attached hydrogen (secondary N) is 1. The van der Waals surface area contributed by atoms with E-state index in [0.717, 1.165) is 5.39 Å². The summed E-state index contributed by atoms with van der Waals surface area (Å²) >= 11 is 0. The zero-order valence-electron chi connectivity index (χ0n) is 7.68. The number of nitrogen functional groups attached to an aromatic ring is 2. The first-order valence-corrected chi connectivity index (χ1v) is 3.77. The number of rotatable bonds is 0. The molecule has 1 heterocycles. The minimum atomic E-state index is -0.115. The molecule has 0 fully saturated rings. The second-order valence-electron chi connectivity index (χ2n) is 2.74. The number of hydrogen-bond donors (Lipinski definition) is 3. The summed E-state index contributed by atoms with van der Waals surface area (Å²) in [6.07, 6.45) is 1.67. The summed E-state index contributed by atoms with van der Waals surface area (Å²) in [5.74, 6) is -0.115. The van der Waals surface area contributed by atoms with Gasteiger partial charge < -0.3 is 11.5 Å². The first-order valence-electron chi connectivity index (χ1n) is 3.77. The molecule has 0 bridgehead atoms. The number of fused-ring (bicyclic) bond motifs is 1. The third-order valence-corrected chi connectivity index (χ3v) is 1.81. The van der Waals surface area contributed by atoms with Crippen LogP contribution in [0.5, 0.6) is 0 Å². The highest BCUT2D eigenvalue weighted by atomic mass is 35.5. The molecule has 0 aliphatic heterocycles. The van der Waals surface area contributed by atoms with Crippen molar-refractivity contribution in [2.24, 2.45) is 5.73 Å². The molecular weight excluding hydrogens is 237 g/mol. The highest BCUT2D eigenvalue weighted by molar-refractivity contribution is 5.91. The van der Waals surface area contributed by atoms with Crippen LogP contribution in [0.1, 0.15) is 0 Å². The highest BCUT2D eigenvalue weighted by Crippen LogP contribution is 2.17. The van der Waals surface area contributed by atoms with Gasteiger partial charge in [0.25, 0.3) is 0 Å². The molecule has 2 rings (SSSR count). The van der Waals surface area contributed by atoms with E-state index >= 15 is 0 Å². The largest absolute Gasteiger partial charge is 0.397 e. The third kappa shape index (κ3) is 2.31. The van der Waals surface area contributed by atoms with Gasteiger partial charge in [0.1, 0.15) is 5.52 Å². The van der Waals surface area contributed by atoms with Gasteiger partial charge in [0.2, 0.25) is 5.96 Å². The fourth-order valence-corrected chi connectivity index (χ4v) is 1.19. The maximum Gasteiger partial charge on any atom is 0.213 e. The van der Waals surface area contributed by atoms with Gasteiger partial charge in [0.05, 0.1) is 5.69 Å². The third-order valence-electron chi connectivity index (χ3n) is 1.81. The van der Waals surface area contributed by atoms with Gasteiger partial charge in [0.15, 0.2) is 0 Å². The molecule has 0 unspecified atom stereocenters. The lowest BCUT2D eigenvalue weighted by molar-refractivity contribution is 0.928. The average molecular weight is 248 g/mol. The van der Waals surface area contributed by atoms with Crippen molar-refractivity contribution in [2.75, 3.05) is 5.73 Å². The van der Waals surface area contributed by atoms with Crippen LogP contribution in [0.4, 0.5) is 5.69 Å². The first-order chi connectivity index (χ1) is 6.18. The van der Waals surface area contributed by atoms with Gasteiger partial charge in [-0.05, 0) is 6.07 Å². The summed E-state index contributed by atoms with van der Waals surface area (Å²) in [5.41, 5.74) is 12.2. The maximum atomic E-state index is 7.18. The topological polar surface area (TPSA) is 93.7 Å². The molecule has 5 nitrogen and oxygen atoms in total. The van der Waals surface area contributed by atoms with Crippen LogP contribution in [0.25, 0.3) is 10.9 Å². The Kier molecular flexibility index (Phi) is 4.39. The zero-order valence-corrected chi connectivity index (χ0v) is 9.31. The van der Waals surface area contributed by atoms with Gasteiger partial charge in [-0.15, -0.1) is 24.8 Å². The monoisotopic (exact) mass is 247 g/mol. The van der Waals surface area contributed by atoms with Crippen molar-refractivity contribution in [2.45, 2.75) is 0 Å². The van der Waals surface area contributed by atoms with Crippen LogP contribution in [-0.4, -0.2) is 15.7 Å². The van der Waals surface area contributed by atoms with Crippen LogP contribution >= 0.6 is 24.8 Å². The molecule has 1 aromatic heterocycles. The molecule has 15 heavy (non-hydrogen) atoms. The summed E-state index contributed by atoms with van der Waals surface area (Å²) in [4.78, 5) is 0. The number of halogens is 2. The molecule has 0 atom stereocenters. The van der Waals surface area contributed by atoms with Crippen molar-refractivity contribution in [3.8, 4) is 0 Å². The Morgan fingerprint density at radius 1 is 1.33 bits per heavy atom. The molecule has 0 saturated heterocycles. The van der Waals surface area contributed by atoms with E-state index in [-0.39, 0.29) is 30.8 Å². The van der Waals surface area contributed by atoms with Crippen LogP contribution < -0.4 is 11.5 Å². The molecule has 82 valence electrons. The van der Waals surface area contributed by atoms with Gasteiger partial charge in [0, 0.05) is 11.6 Å². The van der Waals surface area contributed by atoms with Gasteiger partial charge >= 0.3 is 0 Å². The summed E-state index contributed by atoms with van der Waals surface area (Å²) in [5, 5.41) is 12.1. The lowest BCUT2D eigenvalue weighted by atomic mass is 10.2. The number of hydrogen-bond acceptors (Lipinski definition) is 3. The van der Waals surface area contributed by atoms with Crippen molar-refractivity contribution < 1.29 is 0 Å². The molecule has 0 spiro atoms. The van der Waals surface area contributed by atoms with Gasteiger partial charge in [-0.2, -0.15) is 5.10 Å². The zero-order chi connectivity index (χ0) is 9.42. The van der Waals surface area contributed by atoms with Crippen molar-refractivity contribution in [3.05, 3.63) is 24.4 Å². The number of benzene rings is 1. The minimum Gasteiger partial charge on any atom is -0.397 e. The lowest BCUT2D eigenvalue weighted by Crippen LogP contribution is -2.20. The van der Waals surface area contributed by atoms with E-state index in [0.29, 0.717) is 11.2 Å². The van der Waals surface area contributed by atoms with E-state index in [1.165, 1.54) is 4.68 Å². The molecule has 0 radical (unpaired) electrons. The quantitative estimate of drug-likeness (QED) is 0.371. The van der Waals surface area contributed by atoms with Crippen molar-refractivity contribution >= 4 is 47.4 Å². The molecule has 0 saturated carbocycles. The number of aromatic nitrogens is 2. The Hall–Kier alpha value is -1.46. The Morgan fingerprint density at radius 3 is 2.53 bits per heavy atom. The fraction of sp³-hybridized carbons (Fsp3) is 0. The molecule has 2 aromatic rings.